The summed E-state index contributed by atoms with van der Waals surface area (Å²) < 4.78 is 16.3. The second-order valence-corrected chi connectivity index (χ2v) is 6.22. The lowest BCUT2D eigenvalue weighted by molar-refractivity contribution is -0.151. The van der Waals surface area contributed by atoms with Gasteiger partial charge in [0, 0.05) is 29.5 Å². The van der Waals surface area contributed by atoms with Crippen molar-refractivity contribution in [2.75, 3.05) is 5.75 Å². The van der Waals surface area contributed by atoms with Crippen molar-refractivity contribution in [3.8, 4) is 11.5 Å². The Balaban J connectivity index is 0.000000173. The predicted octanol–water partition coefficient (Wildman–Crippen LogP) is 1.16. The average molecular weight is 296 g/mol. The van der Waals surface area contributed by atoms with Gasteiger partial charge in [-0.05, 0) is 12.1 Å². The van der Waals surface area contributed by atoms with E-state index in [9.17, 15) is 13.8 Å². The number of nitrogens with zero attached hydrogens (tertiary/aromatic N) is 1. The van der Waals surface area contributed by atoms with Crippen molar-refractivity contribution in [1.29, 1.82) is 0 Å². The van der Waals surface area contributed by atoms with Crippen molar-refractivity contribution in [3.63, 3.8) is 0 Å². The molecule has 3 aliphatic rings. The third-order valence-corrected chi connectivity index (χ3v) is 4.37. The fourth-order valence-electron chi connectivity index (χ4n) is 1.77. The number of fused-ring (bicyclic) bond motifs is 2. The Labute approximate surface area is 119 Å². The van der Waals surface area contributed by atoms with Crippen LogP contribution in [0.5, 0.6) is 11.5 Å². The highest BCUT2D eigenvalue weighted by Gasteiger charge is 2.40. The molecule has 3 heterocycles. The summed E-state index contributed by atoms with van der Waals surface area (Å²) in [5.41, 5.74) is 2.35. The lowest BCUT2D eigenvalue weighted by Crippen LogP contribution is -2.62. The number of hydrogen-bond acceptors (Lipinski definition) is 4. The largest absolute Gasteiger partial charge is 0.457 e. The number of amides is 2. The fourth-order valence-corrected chi connectivity index (χ4v) is 2.89. The van der Waals surface area contributed by atoms with Crippen LogP contribution in [0.2, 0.25) is 0 Å². The SMILES string of the molecule is CCS(=O)[C@@H]1CC(=O)N1NC(C)=O.c1cc2cc(c1)O2. The standard InChI is InChI=1S/C7H12N2O3S.C6H4O/c1-3-13(12)7-4-6(11)9(7)8-5(2)10;1-2-5-4-6(3-1)7-5/h7H,3-4H2,1-2H3,(H,8,10);1-4H/t7-,13?;/m1./s1. The Hall–Kier alpha value is -1.89. The van der Waals surface area contributed by atoms with Crippen molar-refractivity contribution < 1.29 is 18.5 Å². The van der Waals surface area contributed by atoms with Crippen LogP contribution in [0.25, 0.3) is 0 Å². The van der Waals surface area contributed by atoms with Crippen LogP contribution in [0.15, 0.2) is 24.3 Å². The van der Waals surface area contributed by atoms with Gasteiger partial charge in [-0.2, -0.15) is 0 Å². The molecule has 108 valence electrons. The number of hydrogen-bond donors (Lipinski definition) is 1. The van der Waals surface area contributed by atoms with E-state index in [1.54, 1.807) is 6.92 Å². The molecule has 1 unspecified atom stereocenters. The van der Waals surface area contributed by atoms with E-state index in [2.05, 4.69) is 5.43 Å². The molecule has 2 amide bonds. The molecule has 2 atom stereocenters. The lowest BCUT2D eigenvalue weighted by Gasteiger charge is -2.38. The third kappa shape index (κ3) is 3.16. The van der Waals surface area contributed by atoms with Crippen LogP contribution >= 0.6 is 0 Å². The smallest absolute Gasteiger partial charge is 0.245 e. The van der Waals surface area contributed by atoms with E-state index in [1.165, 1.54) is 6.92 Å². The van der Waals surface area contributed by atoms with Gasteiger partial charge in [-0.1, -0.05) is 13.0 Å². The number of carbonyl (C=O) groups is 2. The number of rotatable bonds is 3. The molecule has 4 rings (SSSR count). The molecule has 0 aliphatic carbocycles. The highest BCUT2D eigenvalue weighted by molar-refractivity contribution is 7.85. The minimum Gasteiger partial charge on any atom is -0.457 e. The summed E-state index contributed by atoms with van der Waals surface area (Å²) in [6, 6.07) is 7.86. The normalized spacial score (nSPS) is 19.6. The zero-order valence-electron chi connectivity index (χ0n) is 11.3. The summed E-state index contributed by atoms with van der Waals surface area (Å²) in [6.45, 7) is 3.10. The molecule has 7 heteroatoms. The number of carbonyl (C=O) groups excluding carboxylic acids is 2. The van der Waals surface area contributed by atoms with Gasteiger partial charge >= 0.3 is 0 Å². The fraction of sp³-hybridized carbons (Fsp3) is 0.385. The van der Waals surface area contributed by atoms with Crippen LogP contribution in [0.4, 0.5) is 0 Å². The molecule has 1 aromatic rings. The van der Waals surface area contributed by atoms with Gasteiger partial charge in [-0.25, -0.2) is 5.01 Å². The molecule has 1 saturated heterocycles. The summed E-state index contributed by atoms with van der Waals surface area (Å²) in [6.07, 6.45) is 0.265. The average Bonchev–Trinajstić information content (AvgIpc) is 2.42. The van der Waals surface area contributed by atoms with Crippen molar-refractivity contribution in [2.45, 2.75) is 25.6 Å². The molecular weight excluding hydrogens is 280 g/mol. The summed E-state index contributed by atoms with van der Waals surface area (Å²) in [7, 11) is -1.06. The number of benzene rings is 1. The van der Waals surface area contributed by atoms with Crippen molar-refractivity contribution in [1.82, 2.24) is 10.4 Å². The van der Waals surface area contributed by atoms with E-state index >= 15 is 0 Å². The molecule has 1 N–H and O–H groups in total. The zero-order chi connectivity index (χ0) is 14.7. The first kappa shape index (κ1) is 14.5. The van der Waals surface area contributed by atoms with Gasteiger partial charge < -0.3 is 4.74 Å². The van der Waals surface area contributed by atoms with Gasteiger partial charge in [0.05, 0.1) is 6.42 Å². The topological polar surface area (TPSA) is 75.7 Å². The molecule has 3 aliphatic heterocycles. The minimum absolute atomic E-state index is 0.179. The summed E-state index contributed by atoms with van der Waals surface area (Å²) in [5.74, 6) is 1.97. The third-order valence-electron chi connectivity index (χ3n) is 2.81. The minimum atomic E-state index is -1.06. The van der Waals surface area contributed by atoms with Crippen LogP contribution in [0.1, 0.15) is 20.3 Å². The van der Waals surface area contributed by atoms with Crippen LogP contribution < -0.4 is 10.2 Å². The Bertz CT molecular complexity index is 536. The van der Waals surface area contributed by atoms with Crippen LogP contribution in [-0.2, 0) is 20.4 Å². The predicted molar refractivity (Wildman–Crippen MR) is 74.3 cm³/mol. The first-order chi connectivity index (χ1) is 9.51. The van der Waals surface area contributed by atoms with Crippen molar-refractivity contribution in [2.24, 2.45) is 0 Å². The highest BCUT2D eigenvalue weighted by Crippen LogP contribution is 2.32. The molecule has 1 aromatic carbocycles. The molecule has 2 bridgehead atoms. The monoisotopic (exact) mass is 296 g/mol. The Kier molecular flexibility index (Phi) is 4.39. The highest BCUT2D eigenvalue weighted by atomic mass is 32.2. The van der Waals surface area contributed by atoms with E-state index in [1.807, 2.05) is 24.3 Å². The zero-order valence-corrected chi connectivity index (χ0v) is 12.1. The van der Waals surface area contributed by atoms with Crippen LogP contribution in [0.3, 0.4) is 0 Å². The molecular formula is C13H16N2O4S. The molecule has 0 radical (unpaired) electrons. The second-order valence-electron chi connectivity index (χ2n) is 4.34. The van der Waals surface area contributed by atoms with Gasteiger partial charge in [0.2, 0.25) is 11.8 Å². The Morgan fingerprint density at radius 1 is 1.50 bits per heavy atom. The molecule has 20 heavy (non-hydrogen) atoms. The number of hydrazine groups is 1. The van der Waals surface area contributed by atoms with E-state index in [4.69, 9.17) is 4.74 Å². The number of ether oxygens (including phenoxy) is 1. The van der Waals surface area contributed by atoms with Gasteiger partial charge in [-0.15, -0.1) is 0 Å². The Morgan fingerprint density at radius 3 is 2.40 bits per heavy atom. The quantitative estimate of drug-likeness (QED) is 0.862. The van der Waals surface area contributed by atoms with E-state index in [0.29, 0.717) is 5.75 Å². The maximum absolute atomic E-state index is 11.3. The number of nitrogens with one attached hydrogen (secondary N) is 1. The molecule has 0 aromatic heterocycles. The summed E-state index contributed by atoms with van der Waals surface area (Å²) in [4.78, 5) is 21.6. The summed E-state index contributed by atoms with van der Waals surface area (Å²) in [5, 5.41) is 0.823. The maximum Gasteiger partial charge on any atom is 0.245 e. The van der Waals surface area contributed by atoms with Crippen LogP contribution in [-0.4, -0.2) is 32.2 Å². The van der Waals surface area contributed by atoms with Gasteiger partial charge in [0.1, 0.15) is 16.9 Å². The van der Waals surface area contributed by atoms with E-state index in [0.717, 1.165) is 16.5 Å². The molecule has 1 fully saturated rings. The van der Waals surface area contributed by atoms with Gasteiger partial charge in [-0.3, -0.25) is 19.2 Å². The van der Waals surface area contributed by atoms with Crippen molar-refractivity contribution >= 4 is 22.6 Å². The molecule has 0 saturated carbocycles. The first-order valence-electron chi connectivity index (χ1n) is 6.25. The maximum atomic E-state index is 11.3. The lowest BCUT2D eigenvalue weighted by atomic mass is 10.2. The van der Waals surface area contributed by atoms with E-state index < -0.39 is 10.8 Å². The second kappa shape index (κ2) is 6.04. The van der Waals surface area contributed by atoms with Crippen molar-refractivity contribution in [3.05, 3.63) is 24.3 Å². The first-order valence-corrected chi connectivity index (χ1v) is 7.64. The number of β-lactam (4-membered cyclic amide) rings is 1. The van der Waals surface area contributed by atoms with Gasteiger partial charge in [0.15, 0.2) is 0 Å². The van der Waals surface area contributed by atoms with Crippen LogP contribution in [0, 0.1) is 0 Å². The Morgan fingerprint density at radius 2 is 2.10 bits per heavy atom. The summed E-state index contributed by atoms with van der Waals surface area (Å²) >= 11 is 0. The molecule has 0 spiro atoms. The molecule has 6 nitrogen and oxygen atoms in total. The van der Waals surface area contributed by atoms with E-state index in [-0.39, 0.29) is 23.6 Å². The van der Waals surface area contributed by atoms with Gasteiger partial charge in [0.25, 0.3) is 0 Å².